The summed E-state index contributed by atoms with van der Waals surface area (Å²) >= 11 is 3.59. The molecule has 0 saturated heterocycles. The molecule has 3 aromatic rings. The molecule has 0 aliphatic heterocycles. The summed E-state index contributed by atoms with van der Waals surface area (Å²) in [4.78, 5) is 16.1. The van der Waals surface area contributed by atoms with Gasteiger partial charge in [-0.1, -0.05) is 33.6 Å². The number of hydrogen-bond donors (Lipinski definition) is 2. The molecule has 1 aliphatic rings. The van der Waals surface area contributed by atoms with E-state index in [0.717, 1.165) is 33.9 Å². The van der Waals surface area contributed by atoms with Crippen LogP contribution >= 0.6 is 15.9 Å². The lowest BCUT2D eigenvalue weighted by molar-refractivity contribution is -0.141. The van der Waals surface area contributed by atoms with Gasteiger partial charge in [0.2, 0.25) is 5.88 Å². The summed E-state index contributed by atoms with van der Waals surface area (Å²) in [5, 5.41) is 7.87. The summed E-state index contributed by atoms with van der Waals surface area (Å²) in [5.74, 6) is -0.445. The monoisotopic (exact) mass is 588 g/mol. The van der Waals surface area contributed by atoms with E-state index in [1.165, 1.54) is 0 Å². The van der Waals surface area contributed by atoms with Crippen molar-refractivity contribution in [3.63, 3.8) is 0 Å². The van der Waals surface area contributed by atoms with Gasteiger partial charge in [0.1, 0.15) is 5.75 Å². The SMILES string of the molecule is O=C(NC1CCC(=C(Br)c2cccc(Oc3ccc(C(F)(F)F)cn3)c2)CC1)c1c[nH]nc1C(F)(F)F. The number of rotatable bonds is 5. The molecule has 0 spiro atoms. The average molecular weight is 589 g/mol. The van der Waals surface area contributed by atoms with Gasteiger partial charge in [-0.05, 0) is 49.4 Å². The standard InChI is InChI=1S/C24H19BrF6N4O2/c25-20(14-2-1-3-17(10-14)37-19-9-6-15(11-32-19)23(26,27)28)13-4-7-16(8-5-13)34-22(36)18-12-33-35-21(18)24(29,30)31/h1-3,6,9-12,16H,4-5,7-8H2,(H,33,35)(H,34,36). The van der Waals surface area contributed by atoms with E-state index >= 15 is 0 Å². The largest absolute Gasteiger partial charge is 0.439 e. The molecule has 196 valence electrons. The van der Waals surface area contributed by atoms with Crippen LogP contribution < -0.4 is 10.1 Å². The Bertz CT molecular complexity index is 1290. The number of nitrogens with zero attached hydrogens (tertiary/aromatic N) is 2. The molecule has 0 bridgehead atoms. The Balaban J connectivity index is 1.38. The van der Waals surface area contributed by atoms with E-state index in [0.29, 0.717) is 37.6 Å². The molecular formula is C24H19BrF6N4O2. The van der Waals surface area contributed by atoms with Gasteiger partial charge in [-0.2, -0.15) is 31.4 Å². The quantitative estimate of drug-likeness (QED) is 0.311. The minimum absolute atomic E-state index is 0.0106. The molecule has 1 saturated carbocycles. The summed E-state index contributed by atoms with van der Waals surface area (Å²) in [5.41, 5.74) is -0.852. The number of nitrogens with one attached hydrogen (secondary N) is 2. The predicted molar refractivity (Wildman–Crippen MR) is 125 cm³/mol. The molecule has 6 nitrogen and oxygen atoms in total. The van der Waals surface area contributed by atoms with Crippen molar-refractivity contribution in [1.82, 2.24) is 20.5 Å². The second kappa shape index (κ2) is 10.6. The van der Waals surface area contributed by atoms with Gasteiger partial charge in [0, 0.05) is 29.0 Å². The molecule has 1 fully saturated rings. The third kappa shape index (κ3) is 6.51. The highest BCUT2D eigenvalue weighted by atomic mass is 79.9. The van der Waals surface area contributed by atoms with Gasteiger partial charge in [0.05, 0.1) is 11.1 Å². The van der Waals surface area contributed by atoms with Crippen LogP contribution in [0.25, 0.3) is 4.48 Å². The number of benzene rings is 1. The summed E-state index contributed by atoms with van der Waals surface area (Å²) in [7, 11) is 0. The minimum atomic E-state index is -4.74. The van der Waals surface area contributed by atoms with E-state index < -0.39 is 35.1 Å². The van der Waals surface area contributed by atoms with Crippen molar-refractivity contribution in [2.45, 2.75) is 44.1 Å². The molecule has 1 amide bonds. The number of aromatic amines is 1. The Kier molecular flexibility index (Phi) is 7.62. The van der Waals surface area contributed by atoms with E-state index in [4.69, 9.17) is 4.74 Å². The molecular weight excluding hydrogens is 570 g/mol. The number of halogens is 7. The second-order valence-corrected chi connectivity index (χ2v) is 9.12. The topological polar surface area (TPSA) is 79.9 Å². The first kappa shape index (κ1) is 26.7. The molecule has 13 heteroatoms. The predicted octanol–water partition coefficient (Wildman–Crippen LogP) is 7.11. The molecule has 4 rings (SSSR count). The van der Waals surface area contributed by atoms with Gasteiger partial charge in [-0.3, -0.25) is 9.89 Å². The van der Waals surface area contributed by atoms with Crippen LogP contribution in [-0.2, 0) is 12.4 Å². The normalized spacial score (nSPS) is 16.4. The number of pyridine rings is 1. The van der Waals surface area contributed by atoms with Gasteiger partial charge >= 0.3 is 12.4 Å². The van der Waals surface area contributed by atoms with E-state index in [9.17, 15) is 31.1 Å². The Morgan fingerprint density at radius 2 is 1.78 bits per heavy atom. The lowest BCUT2D eigenvalue weighted by Crippen LogP contribution is -2.37. The molecule has 2 N–H and O–H groups in total. The van der Waals surface area contributed by atoms with Crippen molar-refractivity contribution in [1.29, 1.82) is 0 Å². The fraction of sp³-hybridized carbons (Fsp3) is 0.292. The van der Waals surface area contributed by atoms with E-state index in [1.807, 2.05) is 6.07 Å². The lowest BCUT2D eigenvalue weighted by Gasteiger charge is -2.26. The van der Waals surface area contributed by atoms with Crippen LogP contribution in [0.1, 0.15) is 52.9 Å². The third-order valence-electron chi connectivity index (χ3n) is 5.76. The Morgan fingerprint density at radius 1 is 1.05 bits per heavy atom. The maximum Gasteiger partial charge on any atom is 0.435 e. The van der Waals surface area contributed by atoms with Crippen molar-refractivity contribution in [3.05, 3.63) is 76.7 Å². The van der Waals surface area contributed by atoms with Gasteiger partial charge in [0.25, 0.3) is 5.91 Å². The first-order chi connectivity index (χ1) is 17.4. The van der Waals surface area contributed by atoms with Crippen LogP contribution in [0.5, 0.6) is 11.6 Å². The summed E-state index contributed by atoms with van der Waals surface area (Å²) in [6, 6.07) is 8.64. The van der Waals surface area contributed by atoms with Crippen LogP contribution in [-0.4, -0.2) is 27.1 Å². The van der Waals surface area contributed by atoms with Crippen LogP contribution in [0.15, 0.2) is 54.4 Å². The van der Waals surface area contributed by atoms with Crippen molar-refractivity contribution in [2.75, 3.05) is 0 Å². The fourth-order valence-corrected chi connectivity index (χ4v) is 4.54. The average Bonchev–Trinajstić information content (AvgIpc) is 3.35. The first-order valence-electron chi connectivity index (χ1n) is 11.0. The fourth-order valence-electron chi connectivity index (χ4n) is 3.90. The van der Waals surface area contributed by atoms with E-state index in [2.05, 4.69) is 36.4 Å². The highest BCUT2D eigenvalue weighted by Gasteiger charge is 2.38. The lowest BCUT2D eigenvalue weighted by atomic mass is 9.89. The Labute approximate surface area is 215 Å². The van der Waals surface area contributed by atoms with Crippen LogP contribution in [0, 0.1) is 0 Å². The maximum atomic E-state index is 13.0. The van der Waals surface area contributed by atoms with Gasteiger partial charge in [-0.25, -0.2) is 4.98 Å². The van der Waals surface area contributed by atoms with E-state index in [1.54, 1.807) is 18.2 Å². The molecule has 1 aromatic carbocycles. The van der Waals surface area contributed by atoms with Crippen LogP contribution in [0.3, 0.4) is 0 Å². The second-order valence-electron chi connectivity index (χ2n) is 8.32. The molecule has 2 aromatic heterocycles. The molecule has 37 heavy (non-hydrogen) atoms. The number of allylic oxidation sites excluding steroid dienone is 1. The summed E-state index contributed by atoms with van der Waals surface area (Å²) in [6.07, 6.45) is -5.36. The number of H-pyrrole nitrogens is 1. The number of amides is 1. The van der Waals surface area contributed by atoms with Crippen molar-refractivity contribution in [3.8, 4) is 11.6 Å². The number of aromatic nitrogens is 3. The number of carbonyl (C=O) groups is 1. The minimum Gasteiger partial charge on any atom is -0.439 e. The van der Waals surface area contributed by atoms with Gasteiger partial charge in [-0.15, -0.1) is 0 Å². The highest BCUT2D eigenvalue weighted by Crippen LogP contribution is 2.37. The molecule has 0 atom stereocenters. The van der Waals surface area contributed by atoms with Gasteiger partial charge in [0.15, 0.2) is 5.69 Å². The zero-order chi connectivity index (χ0) is 26.8. The molecule has 2 heterocycles. The highest BCUT2D eigenvalue weighted by molar-refractivity contribution is 9.15. The zero-order valence-corrected chi connectivity index (χ0v) is 20.5. The third-order valence-corrected chi connectivity index (χ3v) is 6.78. The Hall–Kier alpha value is -3.35. The van der Waals surface area contributed by atoms with E-state index in [-0.39, 0.29) is 11.9 Å². The van der Waals surface area contributed by atoms with Crippen molar-refractivity contribution < 1.29 is 35.9 Å². The summed E-state index contributed by atoms with van der Waals surface area (Å²) < 4.78 is 83.6. The smallest absolute Gasteiger partial charge is 0.435 e. The first-order valence-corrected chi connectivity index (χ1v) is 11.8. The molecule has 0 unspecified atom stereocenters. The van der Waals surface area contributed by atoms with Crippen molar-refractivity contribution in [2.24, 2.45) is 0 Å². The van der Waals surface area contributed by atoms with Crippen LogP contribution in [0.2, 0.25) is 0 Å². The zero-order valence-electron chi connectivity index (χ0n) is 18.9. The van der Waals surface area contributed by atoms with Gasteiger partial charge < -0.3 is 10.1 Å². The number of carbonyl (C=O) groups excluding carboxylic acids is 1. The maximum absolute atomic E-state index is 13.0. The number of hydrogen-bond acceptors (Lipinski definition) is 4. The molecule has 0 radical (unpaired) electrons. The summed E-state index contributed by atoms with van der Waals surface area (Å²) in [6.45, 7) is 0. The van der Waals surface area contributed by atoms with Crippen molar-refractivity contribution >= 4 is 26.3 Å². The number of alkyl halides is 6. The van der Waals surface area contributed by atoms with Crippen LogP contribution in [0.4, 0.5) is 26.3 Å². The molecule has 1 aliphatic carbocycles. The number of ether oxygens (including phenoxy) is 1. The Morgan fingerprint density at radius 3 is 2.41 bits per heavy atom.